The van der Waals surface area contributed by atoms with Crippen molar-refractivity contribution in [2.75, 3.05) is 6.54 Å². The van der Waals surface area contributed by atoms with Crippen LogP contribution in [0, 0.1) is 18.3 Å². The first-order chi connectivity index (χ1) is 17.0. The van der Waals surface area contributed by atoms with E-state index in [9.17, 15) is 26.4 Å². The van der Waals surface area contributed by atoms with Crippen LogP contribution in [0.5, 0.6) is 0 Å². The Labute approximate surface area is 203 Å². The number of aromatic nitrogens is 4. The fourth-order valence-electron chi connectivity index (χ4n) is 3.83. The van der Waals surface area contributed by atoms with Gasteiger partial charge in [-0.25, -0.2) is 9.48 Å². The van der Waals surface area contributed by atoms with E-state index >= 15 is 0 Å². The Bertz CT molecular complexity index is 1640. The minimum absolute atomic E-state index is 0.0309. The highest BCUT2D eigenvalue weighted by Gasteiger charge is 2.33. The number of alkyl halides is 3. The van der Waals surface area contributed by atoms with E-state index in [2.05, 4.69) is 9.82 Å². The van der Waals surface area contributed by atoms with Gasteiger partial charge in [0.2, 0.25) is 0 Å². The SMILES string of the molecule is CCNS(=O)(=O)n1c(-c2ccnn2-c2ccc(C#N)cc2)c(C)n(-c2cccc(C(F)(F)F)c2)c1=O. The molecule has 36 heavy (non-hydrogen) atoms. The third kappa shape index (κ3) is 4.32. The van der Waals surface area contributed by atoms with Crippen LogP contribution in [0.25, 0.3) is 22.8 Å². The van der Waals surface area contributed by atoms with E-state index in [-0.39, 0.29) is 29.3 Å². The zero-order valence-electron chi connectivity index (χ0n) is 19.0. The Kier molecular flexibility index (Phi) is 6.33. The molecule has 4 rings (SSSR count). The Morgan fingerprint density at radius 3 is 2.39 bits per heavy atom. The van der Waals surface area contributed by atoms with E-state index in [1.807, 2.05) is 6.07 Å². The molecule has 0 radical (unpaired) electrons. The maximum atomic E-state index is 13.5. The molecule has 0 spiro atoms. The average molecular weight is 517 g/mol. The molecule has 0 aliphatic carbocycles. The van der Waals surface area contributed by atoms with Crippen molar-refractivity contribution < 1.29 is 21.6 Å². The summed E-state index contributed by atoms with van der Waals surface area (Å²) >= 11 is 0. The maximum absolute atomic E-state index is 13.5. The van der Waals surface area contributed by atoms with Crippen molar-refractivity contribution in [3.63, 3.8) is 0 Å². The van der Waals surface area contributed by atoms with Gasteiger partial charge in [0.25, 0.3) is 0 Å². The van der Waals surface area contributed by atoms with E-state index in [1.54, 1.807) is 24.3 Å². The van der Waals surface area contributed by atoms with Crippen molar-refractivity contribution in [3.05, 3.63) is 88.1 Å². The predicted octanol–water partition coefficient (Wildman–Crippen LogP) is 3.39. The monoisotopic (exact) mass is 516 g/mol. The summed E-state index contributed by atoms with van der Waals surface area (Å²) in [5.41, 5.74) is -1.15. The molecule has 2 aromatic carbocycles. The molecule has 4 aromatic rings. The Morgan fingerprint density at radius 1 is 1.08 bits per heavy atom. The predicted molar refractivity (Wildman–Crippen MR) is 125 cm³/mol. The summed E-state index contributed by atoms with van der Waals surface area (Å²) in [4.78, 5) is 13.5. The fraction of sp³-hybridized carbons (Fsp3) is 0.174. The molecule has 0 unspecified atom stereocenters. The van der Waals surface area contributed by atoms with Gasteiger partial charge in [-0.05, 0) is 55.5 Å². The molecule has 0 aliphatic rings. The molecule has 9 nitrogen and oxygen atoms in total. The fourth-order valence-corrected chi connectivity index (χ4v) is 5.08. The van der Waals surface area contributed by atoms with Crippen LogP contribution in [0.3, 0.4) is 0 Å². The second-order valence-electron chi connectivity index (χ2n) is 7.65. The normalized spacial score (nSPS) is 12.0. The van der Waals surface area contributed by atoms with Gasteiger partial charge in [-0.1, -0.05) is 13.0 Å². The molecular formula is C23H19F3N6O3S. The second-order valence-corrected chi connectivity index (χ2v) is 9.26. The van der Waals surface area contributed by atoms with E-state index in [0.29, 0.717) is 15.2 Å². The quantitative estimate of drug-likeness (QED) is 0.422. The molecule has 1 N–H and O–H groups in total. The van der Waals surface area contributed by atoms with Crippen molar-refractivity contribution in [2.45, 2.75) is 20.0 Å². The van der Waals surface area contributed by atoms with Gasteiger partial charge in [-0.2, -0.15) is 40.6 Å². The van der Waals surface area contributed by atoms with Crippen LogP contribution in [0.15, 0.2) is 65.6 Å². The molecule has 0 amide bonds. The summed E-state index contributed by atoms with van der Waals surface area (Å²) in [6, 6.07) is 13.8. The highest BCUT2D eigenvalue weighted by atomic mass is 32.2. The molecule has 186 valence electrons. The van der Waals surface area contributed by atoms with Crippen LogP contribution in [0.1, 0.15) is 23.7 Å². The number of halogens is 3. The lowest BCUT2D eigenvalue weighted by Gasteiger charge is -2.12. The van der Waals surface area contributed by atoms with Crippen LogP contribution >= 0.6 is 0 Å². The average Bonchev–Trinajstić information content (AvgIpc) is 3.40. The second kappa shape index (κ2) is 9.14. The van der Waals surface area contributed by atoms with Gasteiger partial charge in [0.05, 0.1) is 46.2 Å². The minimum atomic E-state index is -4.66. The number of hydrogen-bond acceptors (Lipinski definition) is 5. The third-order valence-electron chi connectivity index (χ3n) is 5.37. The number of benzene rings is 2. The van der Waals surface area contributed by atoms with Crippen LogP contribution in [0.2, 0.25) is 0 Å². The van der Waals surface area contributed by atoms with E-state index in [0.717, 1.165) is 22.8 Å². The van der Waals surface area contributed by atoms with Crippen molar-refractivity contribution in [2.24, 2.45) is 0 Å². The first-order valence-electron chi connectivity index (χ1n) is 10.6. The number of rotatable bonds is 6. The summed E-state index contributed by atoms with van der Waals surface area (Å²) in [5, 5.41) is 13.3. The first-order valence-corrected chi connectivity index (χ1v) is 12.0. The van der Waals surface area contributed by atoms with Gasteiger partial charge >= 0.3 is 22.1 Å². The van der Waals surface area contributed by atoms with Crippen LogP contribution < -0.4 is 10.4 Å². The smallest absolute Gasteiger partial charge is 0.264 e. The van der Waals surface area contributed by atoms with Crippen molar-refractivity contribution in [1.29, 1.82) is 5.26 Å². The summed E-state index contributed by atoms with van der Waals surface area (Å²) in [6.45, 7) is 2.93. The lowest BCUT2D eigenvalue weighted by atomic mass is 10.2. The van der Waals surface area contributed by atoms with E-state index in [4.69, 9.17) is 5.26 Å². The minimum Gasteiger partial charge on any atom is -0.264 e. The first kappa shape index (κ1) is 25.0. The highest BCUT2D eigenvalue weighted by molar-refractivity contribution is 7.88. The molecule has 2 aromatic heterocycles. The lowest BCUT2D eigenvalue weighted by Crippen LogP contribution is -2.38. The number of nitrogens with zero attached hydrogens (tertiary/aromatic N) is 5. The standard InChI is InChI=1S/C23H19F3N6O3S/c1-3-29-36(34,35)32-21(20-11-12-28-31(20)18-9-7-16(14-27)8-10-18)15(2)30(22(32)33)19-6-4-5-17(13-19)23(24,25)26/h4-13,29H,3H2,1-2H3. The highest BCUT2D eigenvalue weighted by Crippen LogP contribution is 2.32. The van der Waals surface area contributed by atoms with Gasteiger partial charge in [0.15, 0.2) is 0 Å². The third-order valence-corrected chi connectivity index (χ3v) is 6.84. The van der Waals surface area contributed by atoms with E-state index < -0.39 is 27.6 Å². The molecule has 0 atom stereocenters. The van der Waals surface area contributed by atoms with Crippen LogP contribution in [0.4, 0.5) is 13.2 Å². The topological polar surface area (TPSA) is 115 Å². The Morgan fingerprint density at radius 2 is 1.78 bits per heavy atom. The van der Waals surface area contributed by atoms with Crippen molar-refractivity contribution in [1.82, 2.24) is 23.0 Å². The molecule has 0 aliphatic heterocycles. The number of imidazole rings is 1. The van der Waals surface area contributed by atoms with Crippen LogP contribution in [-0.4, -0.2) is 33.3 Å². The van der Waals surface area contributed by atoms with Crippen molar-refractivity contribution in [3.8, 4) is 28.8 Å². The largest absolute Gasteiger partial charge is 0.416 e. The molecule has 2 heterocycles. The summed E-state index contributed by atoms with van der Waals surface area (Å²) in [5.74, 6) is 0. The van der Waals surface area contributed by atoms with Gasteiger partial charge in [0, 0.05) is 6.54 Å². The zero-order valence-corrected chi connectivity index (χ0v) is 19.8. The molecule has 13 heteroatoms. The summed E-state index contributed by atoms with van der Waals surface area (Å²) in [7, 11) is -4.43. The molecule has 0 bridgehead atoms. The number of hydrogen-bond donors (Lipinski definition) is 1. The molecular weight excluding hydrogens is 497 g/mol. The van der Waals surface area contributed by atoms with Crippen LogP contribution in [-0.2, 0) is 16.4 Å². The summed E-state index contributed by atoms with van der Waals surface area (Å²) in [6.07, 6.45) is -3.27. The molecule has 0 fully saturated rings. The van der Waals surface area contributed by atoms with E-state index in [1.165, 1.54) is 36.9 Å². The Hall–Kier alpha value is -4.15. The Balaban J connectivity index is 2.03. The van der Waals surface area contributed by atoms with Gasteiger partial charge in [-0.15, -0.1) is 0 Å². The van der Waals surface area contributed by atoms with Crippen molar-refractivity contribution >= 4 is 10.2 Å². The lowest BCUT2D eigenvalue weighted by molar-refractivity contribution is -0.137. The molecule has 0 saturated heterocycles. The van der Waals surface area contributed by atoms with Gasteiger partial charge < -0.3 is 0 Å². The van der Waals surface area contributed by atoms with Gasteiger partial charge in [-0.3, -0.25) is 4.57 Å². The molecule has 0 saturated carbocycles. The number of nitrogens with one attached hydrogen (secondary N) is 1. The number of nitriles is 1. The summed E-state index contributed by atoms with van der Waals surface area (Å²) < 4.78 is 71.3. The maximum Gasteiger partial charge on any atom is 0.416 e. The zero-order chi connectivity index (χ0) is 26.3. The van der Waals surface area contributed by atoms with Gasteiger partial charge in [0.1, 0.15) is 5.69 Å².